The molecule has 0 radical (unpaired) electrons. The zero-order chi connectivity index (χ0) is 12.0. The van der Waals surface area contributed by atoms with Crippen molar-refractivity contribution >= 4 is 5.91 Å². The highest BCUT2D eigenvalue weighted by Gasteiger charge is 2.38. The number of hydrogen-bond donors (Lipinski definition) is 1. The van der Waals surface area contributed by atoms with Crippen LogP contribution < -0.4 is 5.32 Å². The molecule has 0 aliphatic heterocycles. The van der Waals surface area contributed by atoms with Crippen molar-refractivity contribution in [1.82, 2.24) is 5.32 Å². The van der Waals surface area contributed by atoms with Crippen LogP contribution in [0.2, 0.25) is 0 Å². The molecule has 5 heteroatoms. The zero-order valence-electron chi connectivity index (χ0n) is 10.1. The molecule has 1 fully saturated rings. The standard InChI is InChI=1S/C11H20N4O/c1-11(2)6-3-5-9(11)10(16)13-7-4-8-14-15-12/h9H,3-8H2,1-2H3,(H,13,16). The molecule has 0 saturated heterocycles. The van der Waals surface area contributed by atoms with E-state index in [1.807, 2.05) is 0 Å². The maximum absolute atomic E-state index is 11.9. The summed E-state index contributed by atoms with van der Waals surface area (Å²) < 4.78 is 0. The fourth-order valence-corrected chi connectivity index (χ4v) is 2.34. The molecule has 0 aromatic heterocycles. The van der Waals surface area contributed by atoms with Crippen LogP contribution in [0.25, 0.3) is 10.4 Å². The van der Waals surface area contributed by atoms with Crippen LogP contribution in [0.5, 0.6) is 0 Å². The van der Waals surface area contributed by atoms with Gasteiger partial charge in [0, 0.05) is 23.9 Å². The van der Waals surface area contributed by atoms with Crippen molar-refractivity contribution < 1.29 is 4.79 Å². The van der Waals surface area contributed by atoms with Crippen LogP contribution in [0.3, 0.4) is 0 Å². The second kappa shape index (κ2) is 5.75. The molecule has 1 aliphatic rings. The Balaban J connectivity index is 2.27. The quantitative estimate of drug-likeness (QED) is 0.331. The lowest BCUT2D eigenvalue weighted by Crippen LogP contribution is -2.36. The minimum absolute atomic E-state index is 0.134. The van der Waals surface area contributed by atoms with Crippen LogP contribution in [0.1, 0.15) is 39.5 Å². The van der Waals surface area contributed by atoms with E-state index in [9.17, 15) is 4.79 Å². The highest BCUT2D eigenvalue weighted by atomic mass is 16.1. The van der Waals surface area contributed by atoms with E-state index in [4.69, 9.17) is 5.53 Å². The number of nitrogens with one attached hydrogen (secondary N) is 1. The van der Waals surface area contributed by atoms with Gasteiger partial charge in [0.1, 0.15) is 0 Å². The number of rotatable bonds is 5. The van der Waals surface area contributed by atoms with Gasteiger partial charge in [0.25, 0.3) is 0 Å². The van der Waals surface area contributed by atoms with Gasteiger partial charge < -0.3 is 5.32 Å². The van der Waals surface area contributed by atoms with Crippen molar-refractivity contribution in [2.24, 2.45) is 16.4 Å². The van der Waals surface area contributed by atoms with Crippen LogP contribution in [0, 0.1) is 11.3 Å². The first kappa shape index (κ1) is 12.8. The molecule has 1 unspecified atom stereocenters. The van der Waals surface area contributed by atoms with Gasteiger partial charge in [-0.3, -0.25) is 4.79 Å². The van der Waals surface area contributed by atoms with Gasteiger partial charge in [-0.2, -0.15) is 0 Å². The summed E-state index contributed by atoms with van der Waals surface area (Å²) in [4.78, 5) is 14.5. The third kappa shape index (κ3) is 3.42. The fraction of sp³-hybridized carbons (Fsp3) is 0.909. The largest absolute Gasteiger partial charge is 0.356 e. The molecular weight excluding hydrogens is 204 g/mol. The summed E-state index contributed by atoms with van der Waals surface area (Å²) in [5, 5.41) is 6.34. The molecule has 0 aromatic carbocycles. The molecule has 1 aliphatic carbocycles. The van der Waals surface area contributed by atoms with E-state index < -0.39 is 0 Å². The van der Waals surface area contributed by atoms with Crippen LogP contribution in [0.15, 0.2) is 5.11 Å². The Morgan fingerprint density at radius 2 is 2.38 bits per heavy atom. The number of carbonyl (C=O) groups is 1. The van der Waals surface area contributed by atoms with Gasteiger partial charge in [0.15, 0.2) is 0 Å². The van der Waals surface area contributed by atoms with Crippen molar-refractivity contribution in [1.29, 1.82) is 0 Å². The van der Waals surface area contributed by atoms with Crippen LogP contribution >= 0.6 is 0 Å². The molecule has 0 heterocycles. The molecule has 5 nitrogen and oxygen atoms in total. The van der Waals surface area contributed by atoms with E-state index in [-0.39, 0.29) is 17.2 Å². The Hall–Kier alpha value is -1.22. The molecule has 1 amide bonds. The number of hydrogen-bond acceptors (Lipinski definition) is 2. The Kier molecular flexibility index (Phi) is 4.62. The Bertz CT molecular complexity index is 294. The summed E-state index contributed by atoms with van der Waals surface area (Å²) in [6.07, 6.45) is 3.98. The first-order valence-electron chi connectivity index (χ1n) is 5.86. The van der Waals surface area contributed by atoms with E-state index in [0.717, 1.165) is 19.3 Å². The lowest BCUT2D eigenvalue weighted by atomic mass is 9.81. The summed E-state index contributed by atoms with van der Waals surface area (Å²) in [7, 11) is 0. The molecule has 90 valence electrons. The monoisotopic (exact) mass is 224 g/mol. The normalized spacial score (nSPS) is 22.5. The van der Waals surface area contributed by atoms with E-state index >= 15 is 0 Å². The Labute approximate surface area is 96.2 Å². The highest BCUT2D eigenvalue weighted by molar-refractivity contribution is 5.79. The van der Waals surface area contributed by atoms with E-state index in [1.165, 1.54) is 0 Å². The molecular formula is C11H20N4O. The predicted octanol–water partition coefficient (Wildman–Crippen LogP) is 2.63. The maximum atomic E-state index is 11.9. The summed E-state index contributed by atoms with van der Waals surface area (Å²) >= 11 is 0. The second-order valence-corrected chi connectivity index (χ2v) is 5.03. The van der Waals surface area contributed by atoms with Gasteiger partial charge in [0.05, 0.1) is 0 Å². The maximum Gasteiger partial charge on any atom is 0.223 e. The summed E-state index contributed by atoms with van der Waals surface area (Å²) in [5.74, 6) is 0.301. The van der Waals surface area contributed by atoms with Gasteiger partial charge in [-0.05, 0) is 30.2 Å². The third-order valence-electron chi connectivity index (χ3n) is 3.37. The van der Waals surface area contributed by atoms with Gasteiger partial charge in [-0.1, -0.05) is 25.4 Å². The van der Waals surface area contributed by atoms with E-state index in [1.54, 1.807) is 0 Å². The van der Waals surface area contributed by atoms with Gasteiger partial charge in [-0.25, -0.2) is 0 Å². The fourth-order valence-electron chi connectivity index (χ4n) is 2.34. The molecule has 1 rings (SSSR count). The van der Waals surface area contributed by atoms with Crippen molar-refractivity contribution in [2.75, 3.05) is 13.1 Å². The molecule has 1 N–H and O–H groups in total. The smallest absolute Gasteiger partial charge is 0.223 e. The zero-order valence-corrected chi connectivity index (χ0v) is 10.1. The molecule has 1 atom stereocenters. The average molecular weight is 224 g/mol. The van der Waals surface area contributed by atoms with Gasteiger partial charge >= 0.3 is 0 Å². The predicted molar refractivity (Wildman–Crippen MR) is 62.8 cm³/mol. The van der Waals surface area contributed by atoms with E-state index in [0.29, 0.717) is 19.5 Å². The summed E-state index contributed by atoms with van der Waals surface area (Å²) in [6.45, 7) is 5.36. The number of carbonyl (C=O) groups excluding carboxylic acids is 1. The van der Waals surface area contributed by atoms with Crippen LogP contribution in [-0.2, 0) is 4.79 Å². The molecule has 0 spiro atoms. The third-order valence-corrected chi connectivity index (χ3v) is 3.37. The second-order valence-electron chi connectivity index (χ2n) is 5.03. The first-order valence-corrected chi connectivity index (χ1v) is 5.86. The SMILES string of the molecule is CC1(C)CCCC1C(=O)NCCCN=[N+]=[N-]. The van der Waals surface area contributed by atoms with Crippen LogP contribution in [0.4, 0.5) is 0 Å². The Morgan fingerprint density at radius 3 is 2.94 bits per heavy atom. The number of amides is 1. The van der Waals surface area contributed by atoms with Crippen molar-refractivity contribution in [3.63, 3.8) is 0 Å². The van der Waals surface area contributed by atoms with Gasteiger partial charge in [0.2, 0.25) is 5.91 Å². The Morgan fingerprint density at radius 1 is 1.62 bits per heavy atom. The lowest BCUT2D eigenvalue weighted by molar-refractivity contribution is -0.127. The topological polar surface area (TPSA) is 77.9 Å². The van der Waals surface area contributed by atoms with Crippen molar-refractivity contribution in [3.8, 4) is 0 Å². The molecule has 0 aromatic rings. The minimum Gasteiger partial charge on any atom is -0.356 e. The number of azide groups is 1. The van der Waals surface area contributed by atoms with E-state index in [2.05, 4.69) is 29.2 Å². The molecule has 1 saturated carbocycles. The molecule has 0 bridgehead atoms. The minimum atomic E-state index is 0.134. The van der Waals surface area contributed by atoms with Gasteiger partial charge in [-0.15, -0.1) is 0 Å². The highest BCUT2D eigenvalue weighted by Crippen LogP contribution is 2.42. The van der Waals surface area contributed by atoms with Crippen molar-refractivity contribution in [2.45, 2.75) is 39.5 Å². The summed E-state index contributed by atoms with van der Waals surface area (Å²) in [6, 6.07) is 0. The van der Waals surface area contributed by atoms with Crippen LogP contribution in [-0.4, -0.2) is 19.0 Å². The first-order chi connectivity index (χ1) is 7.58. The lowest BCUT2D eigenvalue weighted by Gasteiger charge is -2.25. The van der Waals surface area contributed by atoms with Crippen molar-refractivity contribution in [3.05, 3.63) is 10.4 Å². The summed E-state index contributed by atoms with van der Waals surface area (Å²) in [5.41, 5.74) is 8.22. The average Bonchev–Trinajstić information content (AvgIpc) is 2.57. The number of nitrogens with zero attached hydrogens (tertiary/aromatic N) is 3. The molecule has 16 heavy (non-hydrogen) atoms.